The number of nitrogens with zero attached hydrogens (tertiary/aromatic N) is 1. The molecule has 0 fully saturated rings. The Labute approximate surface area is 197 Å². The van der Waals surface area contributed by atoms with Crippen molar-refractivity contribution in [3.8, 4) is 16.8 Å². The fourth-order valence-corrected chi connectivity index (χ4v) is 6.09. The van der Waals surface area contributed by atoms with E-state index in [1.165, 1.54) is 71.3 Å². The summed E-state index contributed by atoms with van der Waals surface area (Å²) in [6, 6.07) is 42.4. The predicted octanol–water partition coefficient (Wildman–Crippen LogP) is 8.66. The van der Waals surface area contributed by atoms with Gasteiger partial charge in [-0.25, -0.2) is 0 Å². The van der Waals surface area contributed by atoms with Crippen molar-refractivity contribution in [3.63, 3.8) is 0 Å². The molecule has 0 aliphatic heterocycles. The second kappa shape index (κ2) is 6.59. The van der Waals surface area contributed by atoms with Gasteiger partial charge < -0.3 is 4.57 Å². The highest BCUT2D eigenvalue weighted by Crippen LogP contribution is 2.44. The summed E-state index contributed by atoms with van der Waals surface area (Å²) in [4.78, 5) is 0. The van der Waals surface area contributed by atoms with Crippen LogP contribution in [0.25, 0.3) is 60.2 Å². The van der Waals surface area contributed by atoms with E-state index >= 15 is 0 Å². The first-order valence-corrected chi connectivity index (χ1v) is 11.9. The molecule has 0 spiro atoms. The molecule has 0 saturated carbocycles. The van der Waals surface area contributed by atoms with E-state index in [4.69, 9.17) is 0 Å². The molecule has 7 aromatic rings. The highest BCUT2D eigenvalue weighted by atomic mass is 15.0. The van der Waals surface area contributed by atoms with Crippen LogP contribution in [0.5, 0.6) is 0 Å². The third kappa shape index (κ3) is 2.34. The Hall–Kier alpha value is -4.36. The minimum Gasteiger partial charge on any atom is -0.309 e. The molecule has 0 bridgehead atoms. The lowest BCUT2D eigenvalue weighted by Gasteiger charge is -2.13. The van der Waals surface area contributed by atoms with Crippen molar-refractivity contribution < 1.29 is 0 Å². The maximum atomic E-state index is 2.49. The van der Waals surface area contributed by atoms with Gasteiger partial charge in [-0.1, -0.05) is 97.1 Å². The van der Waals surface area contributed by atoms with Gasteiger partial charge in [0.25, 0.3) is 0 Å². The number of hydrogen-bond acceptors (Lipinski definition) is 0. The second-order valence-electron chi connectivity index (χ2n) is 9.37. The number of aromatic nitrogens is 1. The summed E-state index contributed by atoms with van der Waals surface area (Å²) in [7, 11) is 0. The molecule has 1 heteroatoms. The third-order valence-corrected chi connectivity index (χ3v) is 7.60. The molecule has 8 rings (SSSR count). The van der Waals surface area contributed by atoms with Gasteiger partial charge in [-0.3, -0.25) is 0 Å². The highest BCUT2D eigenvalue weighted by Gasteiger charge is 2.24. The zero-order valence-corrected chi connectivity index (χ0v) is 18.6. The predicted molar refractivity (Wildman–Crippen MR) is 144 cm³/mol. The largest absolute Gasteiger partial charge is 0.309 e. The SMILES string of the molecule is c1ccc2c(c1)Cc1c-2ccc2c3ccccc3n(-c3ccc4c(ccc5ccccc54)c3)c12. The summed E-state index contributed by atoms with van der Waals surface area (Å²) in [6.07, 6.45) is 0.984. The smallest absolute Gasteiger partial charge is 0.0582 e. The van der Waals surface area contributed by atoms with Crippen LogP contribution in [0.4, 0.5) is 0 Å². The number of benzene rings is 6. The van der Waals surface area contributed by atoms with E-state index in [0.717, 1.165) is 6.42 Å². The van der Waals surface area contributed by atoms with E-state index in [1.807, 2.05) is 0 Å². The molecule has 1 heterocycles. The summed E-state index contributed by atoms with van der Waals surface area (Å²) in [5.74, 6) is 0. The molecule has 0 radical (unpaired) electrons. The number of para-hydroxylation sites is 1. The van der Waals surface area contributed by atoms with E-state index in [2.05, 4.69) is 120 Å². The van der Waals surface area contributed by atoms with Crippen LogP contribution in [0.2, 0.25) is 0 Å². The van der Waals surface area contributed by atoms with Crippen molar-refractivity contribution in [2.24, 2.45) is 0 Å². The van der Waals surface area contributed by atoms with E-state index < -0.39 is 0 Å². The van der Waals surface area contributed by atoms with E-state index in [1.54, 1.807) is 0 Å². The molecule has 1 nitrogen and oxygen atoms in total. The van der Waals surface area contributed by atoms with Crippen molar-refractivity contribution >= 4 is 43.4 Å². The Balaban J connectivity index is 1.48. The Bertz CT molecular complexity index is 1940. The zero-order valence-electron chi connectivity index (χ0n) is 18.6. The van der Waals surface area contributed by atoms with Crippen LogP contribution < -0.4 is 0 Å². The van der Waals surface area contributed by atoms with Crippen LogP contribution in [-0.2, 0) is 6.42 Å². The number of rotatable bonds is 1. The lowest BCUT2D eigenvalue weighted by Crippen LogP contribution is -1.97. The molecule has 0 N–H and O–H groups in total. The van der Waals surface area contributed by atoms with Gasteiger partial charge in [-0.05, 0) is 62.0 Å². The average Bonchev–Trinajstić information content (AvgIpc) is 3.44. The molecule has 1 aliphatic carbocycles. The van der Waals surface area contributed by atoms with Gasteiger partial charge in [0, 0.05) is 22.9 Å². The Morgan fingerprint density at radius 2 is 1.24 bits per heavy atom. The van der Waals surface area contributed by atoms with Crippen LogP contribution in [0.3, 0.4) is 0 Å². The van der Waals surface area contributed by atoms with Crippen molar-refractivity contribution in [2.75, 3.05) is 0 Å². The molecule has 0 saturated heterocycles. The molecule has 0 atom stereocenters. The molecule has 1 aromatic heterocycles. The maximum absolute atomic E-state index is 2.49. The van der Waals surface area contributed by atoms with E-state index in [-0.39, 0.29) is 0 Å². The third-order valence-electron chi connectivity index (χ3n) is 7.60. The molecule has 6 aromatic carbocycles. The monoisotopic (exact) mass is 431 g/mol. The Morgan fingerprint density at radius 1 is 0.500 bits per heavy atom. The van der Waals surface area contributed by atoms with Crippen LogP contribution in [0, 0.1) is 0 Å². The topological polar surface area (TPSA) is 4.93 Å². The molecular formula is C33H21N. The van der Waals surface area contributed by atoms with Gasteiger partial charge in [-0.15, -0.1) is 0 Å². The summed E-state index contributed by atoms with van der Waals surface area (Å²) in [5, 5.41) is 7.83. The van der Waals surface area contributed by atoms with Crippen molar-refractivity contribution in [1.82, 2.24) is 4.57 Å². The van der Waals surface area contributed by atoms with Crippen LogP contribution in [0.15, 0.2) is 115 Å². The molecule has 34 heavy (non-hydrogen) atoms. The first kappa shape index (κ1) is 18.1. The Morgan fingerprint density at radius 3 is 2.21 bits per heavy atom. The fraction of sp³-hybridized carbons (Fsp3) is 0.0303. The van der Waals surface area contributed by atoms with Gasteiger partial charge >= 0.3 is 0 Å². The van der Waals surface area contributed by atoms with Crippen molar-refractivity contribution in [2.45, 2.75) is 6.42 Å². The van der Waals surface area contributed by atoms with E-state index in [9.17, 15) is 0 Å². The lowest BCUT2D eigenvalue weighted by molar-refractivity contribution is 1.16. The summed E-state index contributed by atoms with van der Waals surface area (Å²) < 4.78 is 2.49. The quantitative estimate of drug-likeness (QED) is 0.229. The zero-order chi connectivity index (χ0) is 22.2. The van der Waals surface area contributed by atoms with Gasteiger partial charge in [0.15, 0.2) is 0 Å². The molecular weight excluding hydrogens is 410 g/mol. The molecule has 0 unspecified atom stereocenters. The van der Waals surface area contributed by atoms with Crippen LogP contribution in [0.1, 0.15) is 11.1 Å². The van der Waals surface area contributed by atoms with Gasteiger partial charge in [0.1, 0.15) is 0 Å². The first-order valence-electron chi connectivity index (χ1n) is 11.9. The summed E-state index contributed by atoms with van der Waals surface area (Å²) >= 11 is 0. The molecule has 1 aliphatic rings. The fourth-order valence-electron chi connectivity index (χ4n) is 6.09. The second-order valence-corrected chi connectivity index (χ2v) is 9.37. The minimum atomic E-state index is 0.984. The van der Waals surface area contributed by atoms with Gasteiger partial charge in [-0.2, -0.15) is 0 Å². The van der Waals surface area contributed by atoms with Crippen LogP contribution in [-0.4, -0.2) is 4.57 Å². The van der Waals surface area contributed by atoms with Gasteiger partial charge in [0.05, 0.1) is 11.0 Å². The highest BCUT2D eigenvalue weighted by molar-refractivity contribution is 6.13. The first-order chi connectivity index (χ1) is 16.9. The maximum Gasteiger partial charge on any atom is 0.0582 e. The lowest BCUT2D eigenvalue weighted by atomic mass is 10.0. The minimum absolute atomic E-state index is 0.984. The van der Waals surface area contributed by atoms with E-state index in [0.29, 0.717) is 0 Å². The number of fused-ring (bicyclic) bond motifs is 10. The van der Waals surface area contributed by atoms with Gasteiger partial charge in [0.2, 0.25) is 0 Å². The van der Waals surface area contributed by atoms with Crippen molar-refractivity contribution in [1.29, 1.82) is 0 Å². The summed E-state index contributed by atoms with van der Waals surface area (Å²) in [6.45, 7) is 0. The van der Waals surface area contributed by atoms with Crippen LogP contribution >= 0.6 is 0 Å². The standard InChI is InChI=1S/C33H21N/c1-3-9-25-21(7-1)13-14-23-19-24(15-16-27(23)25)34-32-12-6-5-11-29(32)30-18-17-28-26-10-4-2-8-22(26)20-31(28)33(30)34/h1-19H,20H2. The Kier molecular flexibility index (Phi) is 3.51. The average molecular weight is 432 g/mol. The molecule has 0 amide bonds. The normalized spacial score (nSPS) is 12.6. The summed E-state index contributed by atoms with van der Waals surface area (Å²) in [5.41, 5.74) is 9.44. The number of hydrogen-bond donors (Lipinski definition) is 0. The van der Waals surface area contributed by atoms with Crippen molar-refractivity contribution in [3.05, 3.63) is 126 Å². The molecule has 158 valence electrons.